The summed E-state index contributed by atoms with van der Waals surface area (Å²) in [5, 5.41) is 14.5. The Bertz CT molecular complexity index is 1110. The molecule has 2 amide bonds. The van der Waals surface area contributed by atoms with Crippen LogP contribution >= 0.6 is 11.8 Å². The molecule has 10 heteroatoms. The minimum atomic E-state index is -0.288. The van der Waals surface area contributed by atoms with E-state index >= 15 is 0 Å². The van der Waals surface area contributed by atoms with E-state index in [0.29, 0.717) is 23.0 Å². The van der Waals surface area contributed by atoms with Gasteiger partial charge in [-0.05, 0) is 65.2 Å². The lowest BCUT2D eigenvalue weighted by Crippen LogP contribution is -2.41. The molecule has 1 saturated carbocycles. The Hall–Kier alpha value is -3.27. The Morgan fingerprint density at radius 1 is 1.09 bits per heavy atom. The number of benzene rings is 2. The first-order chi connectivity index (χ1) is 16.5. The first-order valence-corrected chi connectivity index (χ1v) is 12.3. The Morgan fingerprint density at radius 3 is 2.44 bits per heavy atom. The average molecular weight is 483 g/mol. The zero-order valence-electron chi connectivity index (χ0n) is 19.0. The van der Waals surface area contributed by atoms with Crippen LogP contribution in [0.15, 0.2) is 53.7 Å². The highest BCUT2D eigenvalue weighted by Crippen LogP contribution is 2.26. The second-order valence-electron chi connectivity index (χ2n) is 8.35. The van der Waals surface area contributed by atoms with Gasteiger partial charge < -0.3 is 10.2 Å². The van der Waals surface area contributed by atoms with Crippen LogP contribution in [0.3, 0.4) is 0 Å². The fraction of sp³-hybridized carbons (Fsp3) is 0.375. The molecule has 1 N–H and O–H groups in total. The van der Waals surface area contributed by atoms with Crippen molar-refractivity contribution in [3.63, 3.8) is 0 Å². The third-order valence-electron chi connectivity index (χ3n) is 5.87. The summed E-state index contributed by atoms with van der Waals surface area (Å²) in [5.74, 6) is -0.364. The number of nitrogens with zero attached hydrogens (tertiary/aromatic N) is 5. The number of carbonyl (C=O) groups is 2. The van der Waals surface area contributed by atoms with Gasteiger partial charge in [0, 0.05) is 30.9 Å². The normalized spacial score (nSPS) is 14.1. The number of hydrogen-bond acceptors (Lipinski definition) is 6. The Morgan fingerprint density at radius 2 is 1.79 bits per heavy atom. The van der Waals surface area contributed by atoms with Crippen LogP contribution in [-0.2, 0) is 18.4 Å². The second-order valence-corrected chi connectivity index (χ2v) is 9.29. The fourth-order valence-electron chi connectivity index (χ4n) is 4.08. The highest BCUT2D eigenvalue weighted by atomic mass is 32.2. The molecule has 1 fully saturated rings. The molecule has 0 spiro atoms. The van der Waals surface area contributed by atoms with E-state index in [2.05, 4.69) is 20.8 Å². The van der Waals surface area contributed by atoms with Crippen LogP contribution in [0.4, 0.5) is 10.1 Å². The maximum Gasteiger partial charge on any atom is 0.254 e. The third kappa shape index (κ3) is 6.19. The highest BCUT2D eigenvalue weighted by molar-refractivity contribution is 7.99. The van der Waals surface area contributed by atoms with Gasteiger partial charge in [-0.25, -0.2) is 9.07 Å². The maximum absolute atomic E-state index is 13.5. The van der Waals surface area contributed by atoms with Gasteiger partial charge in [0.25, 0.3) is 5.91 Å². The molecule has 0 aliphatic heterocycles. The summed E-state index contributed by atoms with van der Waals surface area (Å²) in [6, 6.07) is 13.4. The minimum absolute atomic E-state index is 0.0561. The molecule has 0 bridgehead atoms. The molecule has 0 radical (unpaired) electrons. The predicted octanol–water partition coefficient (Wildman–Crippen LogP) is 4.06. The van der Waals surface area contributed by atoms with Crippen molar-refractivity contribution in [1.29, 1.82) is 0 Å². The van der Waals surface area contributed by atoms with Crippen molar-refractivity contribution < 1.29 is 14.0 Å². The molecule has 34 heavy (non-hydrogen) atoms. The summed E-state index contributed by atoms with van der Waals surface area (Å²) < 4.78 is 14.8. The molecule has 1 aliphatic rings. The molecular formula is C24H27FN6O2S. The summed E-state index contributed by atoms with van der Waals surface area (Å²) in [7, 11) is 1.71. The number of tetrazole rings is 1. The number of rotatable bonds is 8. The lowest BCUT2D eigenvalue weighted by Gasteiger charge is -2.34. The average Bonchev–Trinajstić information content (AvgIpc) is 3.27. The highest BCUT2D eigenvalue weighted by Gasteiger charge is 2.26. The van der Waals surface area contributed by atoms with Crippen LogP contribution in [0.2, 0.25) is 0 Å². The SMILES string of the molecule is Cn1nnnc1SCC(=O)Nc1ccc(C(=O)N(Cc2ccc(F)cc2)C2CCCCC2)cc1. The fourth-order valence-corrected chi connectivity index (χ4v) is 4.73. The number of hydrogen-bond donors (Lipinski definition) is 1. The van der Waals surface area contributed by atoms with E-state index in [1.807, 2.05) is 4.90 Å². The molecule has 1 heterocycles. The monoisotopic (exact) mass is 482 g/mol. The molecular weight excluding hydrogens is 455 g/mol. The van der Waals surface area contributed by atoms with Crippen LogP contribution in [0.1, 0.15) is 48.0 Å². The lowest BCUT2D eigenvalue weighted by molar-refractivity contribution is -0.113. The van der Waals surface area contributed by atoms with Gasteiger partial charge in [-0.2, -0.15) is 0 Å². The first kappa shape index (κ1) is 23.9. The molecule has 1 aromatic heterocycles. The number of thioether (sulfide) groups is 1. The molecule has 0 unspecified atom stereocenters. The molecule has 1 aliphatic carbocycles. The largest absolute Gasteiger partial charge is 0.331 e. The van der Waals surface area contributed by atoms with Crippen molar-refractivity contribution in [2.75, 3.05) is 11.1 Å². The van der Waals surface area contributed by atoms with Gasteiger partial charge in [0.05, 0.1) is 5.75 Å². The molecule has 0 saturated heterocycles. The van der Waals surface area contributed by atoms with Crippen LogP contribution in [0, 0.1) is 5.82 Å². The van der Waals surface area contributed by atoms with E-state index in [4.69, 9.17) is 0 Å². The number of amides is 2. The van der Waals surface area contributed by atoms with Crippen molar-refractivity contribution in [2.45, 2.75) is 49.8 Å². The van der Waals surface area contributed by atoms with Crippen LogP contribution < -0.4 is 5.32 Å². The Balaban J connectivity index is 1.41. The number of carbonyl (C=O) groups excluding carboxylic acids is 2. The zero-order valence-corrected chi connectivity index (χ0v) is 19.8. The lowest BCUT2D eigenvalue weighted by atomic mass is 9.93. The summed E-state index contributed by atoms with van der Waals surface area (Å²) in [6.07, 6.45) is 5.34. The van der Waals surface area contributed by atoms with Crippen LogP contribution in [0.25, 0.3) is 0 Å². The minimum Gasteiger partial charge on any atom is -0.331 e. The van der Waals surface area contributed by atoms with Crippen molar-refractivity contribution in [2.24, 2.45) is 7.05 Å². The molecule has 0 atom stereocenters. The van der Waals surface area contributed by atoms with Crippen LogP contribution in [0.5, 0.6) is 0 Å². The van der Waals surface area contributed by atoms with Crippen molar-refractivity contribution in [3.05, 3.63) is 65.5 Å². The van der Waals surface area contributed by atoms with Gasteiger partial charge in [0.15, 0.2) is 0 Å². The Kier molecular flexibility index (Phi) is 7.89. The van der Waals surface area contributed by atoms with Crippen molar-refractivity contribution in [1.82, 2.24) is 25.1 Å². The van der Waals surface area contributed by atoms with Crippen molar-refractivity contribution >= 4 is 29.3 Å². The summed E-state index contributed by atoms with van der Waals surface area (Å²) in [4.78, 5) is 27.6. The number of halogens is 1. The van der Waals surface area contributed by atoms with Gasteiger partial charge in [-0.3, -0.25) is 9.59 Å². The molecule has 3 aromatic rings. The Labute approximate surface area is 201 Å². The smallest absolute Gasteiger partial charge is 0.254 e. The number of aromatic nitrogens is 4. The van der Waals surface area contributed by atoms with Gasteiger partial charge in [-0.1, -0.05) is 43.2 Å². The number of nitrogens with one attached hydrogen (secondary N) is 1. The third-order valence-corrected chi connectivity index (χ3v) is 6.88. The summed E-state index contributed by atoms with van der Waals surface area (Å²) in [6.45, 7) is 0.441. The standard InChI is InChI=1S/C24H27FN6O2S/c1-30-24(27-28-29-30)34-16-22(32)26-20-13-9-18(10-14-20)23(33)31(21-5-3-2-4-6-21)15-17-7-11-19(25)12-8-17/h7-14,21H,2-6,15-16H2,1H3,(H,26,32). The molecule has 4 rings (SSSR count). The maximum atomic E-state index is 13.5. The van der Waals surface area contributed by atoms with Gasteiger partial charge >= 0.3 is 0 Å². The van der Waals surface area contributed by atoms with E-state index in [1.54, 1.807) is 43.4 Å². The van der Waals surface area contributed by atoms with E-state index in [9.17, 15) is 14.0 Å². The van der Waals surface area contributed by atoms with Gasteiger partial charge in [-0.15, -0.1) is 5.10 Å². The topological polar surface area (TPSA) is 93.0 Å². The zero-order chi connectivity index (χ0) is 23.9. The van der Waals surface area contributed by atoms with Crippen LogP contribution in [-0.4, -0.2) is 48.7 Å². The van der Waals surface area contributed by atoms with E-state index in [1.165, 1.54) is 35.0 Å². The van der Waals surface area contributed by atoms with E-state index < -0.39 is 0 Å². The van der Waals surface area contributed by atoms with E-state index in [-0.39, 0.29) is 29.4 Å². The van der Waals surface area contributed by atoms with Gasteiger partial charge in [0.1, 0.15) is 5.82 Å². The quantitative estimate of drug-likeness (QED) is 0.487. The van der Waals surface area contributed by atoms with E-state index in [0.717, 1.165) is 31.2 Å². The molecule has 178 valence electrons. The number of aryl methyl sites for hydroxylation is 1. The molecule has 2 aromatic carbocycles. The first-order valence-electron chi connectivity index (χ1n) is 11.3. The second kappa shape index (κ2) is 11.2. The van der Waals surface area contributed by atoms with Crippen molar-refractivity contribution in [3.8, 4) is 0 Å². The molecule has 8 nitrogen and oxygen atoms in total. The predicted molar refractivity (Wildman–Crippen MR) is 128 cm³/mol. The number of anilines is 1. The summed E-state index contributed by atoms with van der Waals surface area (Å²) >= 11 is 1.24. The summed E-state index contributed by atoms with van der Waals surface area (Å²) in [5.41, 5.74) is 2.08. The van der Waals surface area contributed by atoms with Gasteiger partial charge in [0.2, 0.25) is 11.1 Å².